The molecule has 12 heavy (non-hydrogen) atoms. The van der Waals surface area contributed by atoms with Crippen molar-refractivity contribution in [2.75, 3.05) is 13.6 Å². The summed E-state index contributed by atoms with van der Waals surface area (Å²) in [5, 5.41) is 6.10. The molecule has 0 unspecified atom stereocenters. The van der Waals surface area contributed by atoms with Gasteiger partial charge in [0.2, 0.25) is 5.91 Å². The zero-order valence-electron chi connectivity index (χ0n) is 6.38. The third kappa shape index (κ3) is 1.82. The van der Waals surface area contributed by atoms with Gasteiger partial charge in [-0.25, -0.2) is 9.80 Å². The first-order chi connectivity index (χ1) is 5.63. The van der Waals surface area contributed by atoms with Gasteiger partial charge in [0.05, 0.1) is 0 Å². The Labute approximate surface area is 74.3 Å². The highest BCUT2D eigenvalue weighted by atomic mass is 32.1. The van der Waals surface area contributed by atoms with Crippen LogP contribution in [0, 0.1) is 0 Å². The van der Waals surface area contributed by atoms with E-state index in [9.17, 15) is 9.59 Å². The van der Waals surface area contributed by atoms with Gasteiger partial charge in [0.1, 0.15) is 6.54 Å². The molecule has 0 aromatic heterocycles. The summed E-state index contributed by atoms with van der Waals surface area (Å²) in [5.41, 5.74) is 2.53. The molecule has 0 saturated carbocycles. The average molecular weight is 188 g/mol. The zero-order chi connectivity index (χ0) is 9.14. The van der Waals surface area contributed by atoms with Gasteiger partial charge in [0.15, 0.2) is 5.11 Å². The first kappa shape index (κ1) is 8.72. The van der Waals surface area contributed by atoms with Gasteiger partial charge in [-0.1, -0.05) is 0 Å². The maximum absolute atomic E-state index is 10.9. The number of hydrazine groups is 1. The summed E-state index contributed by atoms with van der Waals surface area (Å²) in [7, 11) is 1.62. The lowest BCUT2D eigenvalue weighted by Gasteiger charge is -2.15. The van der Waals surface area contributed by atoms with Gasteiger partial charge in [0.25, 0.3) is 0 Å². The fourth-order valence-corrected chi connectivity index (χ4v) is 0.821. The molecule has 7 heteroatoms. The number of amides is 3. The van der Waals surface area contributed by atoms with Crippen molar-refractivity contribution in [1.82, 2.24) is 21.1 Å². The van der Waals surface area contributed by atoms with E-state index >= 15 is 0 Å². The van der Waals surface area contributed by atoms with Crippen LogP contribution in [0.4, 0.5) is 4.79 Å². The van der Waals surface area contributed by atoms with Crippen molar-refractivity contribution in [1.29, 1.82) is 0 Å². The highest BCUT2D eigenvalue weighted by Crippen LogP contribution is 1.92. The zero-order valence-corrected chi connectivity index (χ0v) is 7.20. The number of rotatable bonds is 1. The summed E-state index contributed by atoms with van der Waals surface area (Å²) < 4.78 is 0. The highest BCUT2D eigenvalue weighted by Gasteiger charge is 2.26. The van der Waals surface area contributed by atoms with Gasteiger partial charge in [0, 0.05) is 7.05 Å². The van der Waals surface area contributed by atoms with E-state index in [0.29, 0.717) is 5.11 Å². The predicted octanol–water partition coefficient (Wildman–Crippen LogP) is -1.45. The molecule has 1 saturated heterocycles. The Balaban J connectivity index is 2.48. The molecule has 66 valence electrons. The number of carbonyl (C=O) groups excluding carboxylic acids is 2. The third-order valence-corrected chi connectivity index (χ3v) is 1.55. The van der Waals surface area contributed by atoms with Gasteiger partial charge in [-0.15, -0.1) is 0 Å². The first-order valence-electron chi connectivity index (χ1n) is 3.23. The molecule has 0 atom stereocenters. The smallest absolute Gasteiger partial charge is 0.343 e. The second kappa shape index (κ2) is 3.35. The van der Waals surface area contributed by atoms with Crippen LogP contribution in [0.5, 0.6) is 0 Å². The Kier molecular flexibility index (Phi) is 2.44. The number of carbonyl (C=O) groups is 2. The van der Waals surface area contributed by atoms with Gasteiger partial charge in [-0.3, -0.25) is 15.5 Å². The largest absolute Gasteiger partial charge is 0.364 e. The van der Waals surface area contributed by atoms with Crippen LogP contribution >= 0.6 is 12.2 Å². The number of imide groups is 1. The van der Waals surface area contributed by atoms with Crippen LogP contribution in [0.3, 0.4) is 0 Å². The molecule has 0 spiro atoms. The molecule has 1 aliphatic rings. The highest BCUT2D eigenvalue weighted by molar-refractivity contribution is 7.80. The van der Waals surface area contributed by atoms with Gasteiger partial charge in [-0.2, -0.15) is 0 Å². The molecule has 0 aromatic rings. The standard InChI is InChI=1S/C5H8N4O2S/c1-6-4(12)8-9-2-3(10)7-5(9)11/h2H2,1H3,(H2,6,8,12)(H,7,10,11). The minimum Gasteiger partial charge on any atom is -0.364 e. The van der Waals surface area contributed by atoms with Crippen LogP contribution in [-0.2, 0) is 4.79 Å². The van der Waals surface area contributed by atoms with E-state index in [0.717, 1.165) is 5.01 Å². The monoisotopic (exact) mass is 188 g/mol. The second-order valence-corrected chi connectivity index (χ2v) is 2.54. The molecular weight excluding hydrogens is 180 g/mol. The number of hydrogen-bond donors (Lipinski definition) is 3. The lowest BCUT2D eigenvalue weighted by atomic mass is 10.6. The van der Waals surface area contributed by atoms with E-state index in [1.807, 2.05) is 0 Å². The van der Waals surface area contributed by atoms with Crippen molar-refractivity contribution < 1.29 is 9.59 Å². The molecule has 0 aromatic carbocycles. The second-order valence-electron chi connectivity index (χ2n) is 2.13. The molecule has 1 aliphatic heterocycles. The summed E-state index contributed by atoms with van der Waals surface area (Å²) in [5.74, 6) is -0.341. The molecule has 1 rings (SSSR count). The predicted molar refractivity (Wildman–Crippen MR) is 45.0 cm³/mol. The number of hydrogen-bond acceptors (Lipinski definition) is 3. The summed E-state index contributed by atoms with van der Waals surface area (Å²) in [6.07, 6.45) is 0. The SMILES string of the molecule is CNC(=S)NN1CC(=O)NC1=O. The molecule has 0 radical (unpaired) electrons. The summed E-state index contributed by atoms with van der Waals surface area (Å²) in [6, 6.07) is -0.488. The number of nitrogens with zero attached hydrogens (tertiary/aromatic N) is 1. The molecule has 3 N–H and O–H groups in total. The molecular formula is C5H8N4O2S. The first-order valence-corrected chi connectivity index (χ1v) is 3.64. The molecule has 1 heterocycles. The van der Waals surface area contributed by atoms with E-state index in [2.05, 4.69) is 16.1 Å². The quantitative estimate of drug-likeness (QED) is 0.347. The Morgan fingerprint density at radius 2 is 2.33 bits per heavy atom. The molecule has 0 aliphatic carbocycles. The number of thiocarbonyl (C=S) groups is 1. The van der Waals surface area contributed by atoms with Crippen LogP contribution in [0.15, 0.2) is 0 Å². The fraction of sp³-hybridized carbons (Fsp3) is 0.400. The lowest BCUT2D eigenvalue weighted by Crippen LogP contribution is -2.47. The minimum atomic E-state index is -0.488. The van der Waals surface area contributed by atoms with Gasteiger partial charge < -0.3 is 5.32 Å². The number of urea groups is 1. The maximum Gasteiger partial charge on any atom is 0.343 e. The Morgan fingerprint density at radius 3 is 2.75 bits per heavy atom. The van der Waals surface area contributed by atoms with Crippen LogP contribution in [0.25, 0.3) is 0 Å². The molecule has 6 nitrogen and oxygen atoms in total. The van der Waals surface area contributed by atoms with Crippen molar-refractivity contribution in [3.63, 3.8) is 0 Å². The van der Waals surface area contributed by atoms with E-state index in [4.69, 9.17) is 12.2 Å². The average Bonchev–Trinajstić information content (AvgIpc) is 2.30. The topological polar surface area (TPSA) is 73.5 Å². The lowest BCUT2D eigenvalue weighted by molar-refractivity contribution is -0.118. The van der Waals surface area contributed by atoms with Crippen molar-refractivity contribution >= 4 is 29.3 Å². The van der Waals surface area contributed by atoms with Crippen LogP contribution in [0.1, 0.15) is 0 Å². The van der Waals surface area contributed by atoms with Crippen LogP contribution < -0.4 is 16.1 Å². The van der Waals surface area contributed by atoms with Gasteiger partial charge in [-0.05, 0) is 12.2 Å². The van der Waals surface area contributed by atoms with Crippen molar-refractivity contribution in [2.45, 2.75) is 0 Å². The van der Waals surface area contributed by atoms with Crippen LogP contribution in [-0.4, -0.2) is 35.7 Å². The van der Waals surface area contributed by atoms with Crippen molar-refractivity contribution in [3.8, 4) is 0 Å². The van der Waals surface area contributed by atoms with Gasteiger partial charge >= 0.3 is 6.03 Å². The summed E-state index contributed by atoms with van der Waals surface area (Å²) in [4.78, 5) is 21.5. The van der Waals surface area contributed by atoms with E-state index in [1.54, 1.807) is 7.05 Å². The summed E-state index contributed by atoms with van der Waals surface area (Å²) >= 11 is 4.73. The summed E-state index contributed by atoms with van der Waals surface area (Å²) in [6.45, 7) is -0.0132. The molecule has 0 bridgehead atoms. The maximum atomic E-state index is 10.9. The normalized spacial score (nSPS) is 15.9. The number of nitrogens with one attached hydrogen (secondary N) is 3. The van der Waals surface area contributed by atoms with E-state index < -0.39 is 6.03 Å². The fourth-order valence-electron chi connectivity index (χ4n) is 0.710. The van der Waals surface area contributed by atoms with E-state index in [1.165, 1.54) is 0 Å². The Bertz CT molecular complexity index is 242. The van der Waals surface area contributed by atoms with Crippen molar-refractivity contribution in [3.05, 3.63) is 0 Å². The van der Waals surface area contributed by atoms with E-state index in [-0.39, 0.29) is 12.5 Å². The minimum absolute atomic E-state index is 0.0132. The molecule has 1 fully saturated rings. The van der Waals surface area contributed by atoms with Crippen molar-refractivity contribution in [2.24, 2.45) is 0 Å². The van der Waals surface area contributed by atoms with Crippen LogP contribution in [0.2, 0.25) is 0 Å². The third-order valence-electron chi connectivity index (χ3n) is 1.26. The Hall–Kier alpha value is -1.37. The molecule has 3 amide bonds. The Morgan fingerprint density at radius 1 is 1.67 bits per heavy atom.